The lowest BCUT2D eigenvalue weighted by Gasteiger charge is -2.04. The minimum absolute atomic E-state index is 0.0165. The second-order valence-electron chi connectivity index (χ2n) is 3.08. The topological polar surface area (TPSA) is 65.2 Å². The van der Waals surface area contributed by atoms with Crippen LogP contribution in [0.4, 0.5) is 14.6 Å². The summed E-state index contributed by atoms with van der Waals surface area (Å²) in [7, 11) is 0. The molecular weight excluding hydrogens is 218 g/mol. The molecule has 1 aromatic rings. The summed E-state index contributed by atoms with van der Waals surface area (Å²) in [6, 6.07) is 3.13. The Balaban J connectivity index is 2.39. The predicted octanol–water partition coefficient (Wildman–Crippen LogP) is 1.52. The van der Waals surface area contributed by atoms with Gasteiger partial charge in [-0.3, -0.25) is 4.79 Å². The number of carbonyl (C=O) groups is 1. The molecule has 88 valence electrons. The molecule has 0 aliphatic carbocycles. The highest BCUT2D eigenvalue weighted by Crippen LogP contribution is 2.09. The van der Waals surface area contributed by atoms with E-state index in [1.54, 1.807) is 6.07 Å². The van der Waals surface area contributed by atoms with Crippen molar-refractivity contribution in [1.82, 2.24) is 4.98 Å². The first-order valence-corrected chi connectivity index (χ1v) is 4.71. The Labute approximate surface area is 91.4 Å². The van der Waals surface area contributed by atoms with E-state index in [-0.39, 0.29) is 24.6 Å². The van der Waals surface area contributed by atoms with Crippen LogP contribution in [0.2, 0.25) is 0 Å². The normalized spacial score (nSPS) is 10.7. The molecule has 0 unspecified atom stereocenters. The van der Waals surface area contributed by atoms with E-state index in [0.29, 0.717) is 5.56 Å². The number of Topliss-reactive ketones (excluding diaryl/α,β-unsaturated/α-hetero) is 1. The molecule has 0 spiro atoms. The largest absolute Gasteiger partial charge is 0.383 e. The van der Waals surface area contributed by atoms with Crippen LogP contribution < -0.4 is 5.73 Å². The molecule has 1 heterocycles. The lowest BCUT2D eigenvalue weighted by molar-refractivity contribution is 0.0170. The number of anilines is 1. The van der Waals surface area contributed by atoms with Gasteiger partial charge in [0.25, 0.3) is 6.43 Å². The standard InChI is InChI=1S/C10H12F2N2O2/c11-9(12)6-16-5-3-8(15)7-2-1-4-14-10(7)13/h1-2,4,9H,3,5-6H2,(H2,13,14). The molecule has 0 saturated carbocycles. The number of nitrogens with two attached hydrogens (primary N) is 1. The Morgan fingerprint density at radius 2 is 2.31 bits per heavy atom. The van der Waals surface area contributed by atoms with Gasteiger partial charge in [0.05, 0.1) is 12.2 Å². The lowest BCUT2D eigenvalue weighted by Crippen LogP contribution is -2.11. The van der Waals surface area contributed by atoms with Gasteiger partial charge in [-0.05, 0) is 12.1 Å². The fourth-order valence-electron chi connectivity index (χ4n) is 1.13. The third-order valence-electron chi connectivity index (χ3n) is 1.86. The zero-order valence-corrected chi connectivity index (χ0v) is 8.53. The minimum Gasteiger partial charge on any atom is -0.383 e. The number of hydrogen-bond donors (Lipinski definition) is 1. The molecule has 16 heavy (non-hydrogen) atoms. The van der Waals surface area contributed by atoms with Crippen LogP contribution in [-0.4, -0.2) is 30.4 Å². The van der Waals surface area contributed by atoms with E-state index in [1.807, 2.05) is 0 Å². The minimum atomic E-state index is -2.52. The van der Waals surface area contributed by atoms with Crippen LogP contribution in [0.15, 0.2) is 18.3 Å². The maximum absolute atomic E-state index is 11.7. The van der Waals surface area contributed by atoms with E-state index in [9.17, 15) is 13.6 Å². The quantitative estimate of drug-likeness (QED) is 0.594. The zero-order valence-electron chi connectivity index (χ0n) is 8.53. The molecule has 0 aliphatic heterocycles. The summed E-state index contributed by atoms with van der Waals surface area (Å²) in [6.45, 7) is -0.701. The molecule has 0 atom stereocenters. The molecule has 6 heteroatoms. The van der Waals surface area contributed by atoms with E-state index in [1.165, 1.54) is 12.3 Å². The van der Waals surface area contributed by atoms with Crippen molar-refractivity contribution in [3.63, 3.8) is 0 Å². The maximum atomic E-state index is 11.7. The summed E-state index contributed by atoms with van der Waals surface area (Å²) >= 11 is 0. The van der Waals surface area contributed by atoms with E-state index in [0.717, 1.165) is 0 Å². The number of halogens is 2. The van der Waals surface area contributed by atoms with Gasteiger partial charge in [-0.1, -0.05) is 0 Å². The number of alkyl halides is 2. The van der Waals surface area contributed by atoms with Crippen LogP contribution >= 0.6 is 0 Å². The number of pyridine rings is 1. The van der Waals surface area contributed by atoms with E-state index >= 15 is 0 Å². The van der Waals surface area contributed by atoms with Gasteiger partial charge in [-0.25, -0.2) is 13.8 Å². The number of ketones is 1. The SMILES string of the molecule is Nc1ncccc1C(=O)CCOCC(F)F. The highest BCUT2D eigenvalue weighted by molar-refractivity contribution is 5.99. The van der Waals surface area contributed by atoms with Crippen molar-refractivity contribution in [1.29, 1.82) is 0 Å². The number of aromatic nitrogens is 1. The molecule has 0 amide bonds. The van der Waals surface area contributed by atoms with E-state index in [4.69, 9.17) is 5.73 Å². The molecule has 0 aliphatic rings. The number of ether oxygens (including phenoxy) is 1. The summed E-state index contributed by atoms with van der Waals surface area (Å²) in [5.41, 5.74) is 5.78. The van der Waals surface area contributed by atoms with Gasteiger partial charge in [0.2, 0.25) is 0 Å². The molecule has 4 nitrogen and oxygen atoms in total. The molecule has 0 fully saturated rings. The van der Waals surface area contributed by atoms with E-state index < -0.39 is 13.0 Å². The van der Waals surface area contributed by atoms with Crippen molar-refractivity contribution >= 4 is 11.6 Å². The van der Waals surface area contributed by atoms with Gasteiger partial charge in [0.15, 0.2) is 5.78 Å². The van der Waals surface area contributed by atoms with Crippen molar-refractivity contribution in [3.8, 4) is 0 Å². The average molecular weight is 230 g/mol. The first-order valence-electron chi connectivity index (χ1n) is 4.71. The van der Waals surface area contributed by atoms with Crippen LogP contribution in [0.1, 0.15) is 16.8 Å². The molecule has 0 aromatic carbocycles. The first-order chi connectivity index (χ1) is 7.61. The van der Waals surface area contributed by atoms with Crippen LogP contribution in [0.3, 0.4) is 0 Å². The highest BCUT2D eigenvalue weighted by atomic mass is 19.3. The molecule has 1 rings (SSSR count). The van der Waals surface area contributed by atoms with Gasteiger partial charge >= 0.3 is 0 Å². The van der Waals surface area contributed by atoms with Gasteiger partial charge < -0.3 is 10.5 Å². The smallest absolute Gasteiger partial charge is 0.261 e. The zero-order chi connectivity index (χ0) is 12.0. The summed E-state index contributed by atoms with van der Waals surface area (Å²) in [6.07, 6.45) is -1.03. The molecule has 0 bridgehead atoms. The number of carbonyl (C=O) groups excluding carboxylic acids is 1. The number of nitrogen functional groups attached to an aromatic ring is 1. The second-order valence-corrected chi connectivity index (χ2v) is 3.08. The van der Waals surface area contributed by atoms with Crippen molar-refractivity contribution < 1.29 is 18.3 Å². The Morgan fingerprint density at radius 3 is 2.94 bits per heavy atom. The van der Waals surface area contributed by atoms with Crippen molar-refractivity contribution in [2.24, 2.45) is 0 Å². The predicted molar refractivity (Wildman–Crippen MR) is 54.4 cm³/mol. The summed E-state index contributed by atoms with van der Waals surface area (Å²) in [4.78, 5) is 15.3. The van der Waals surface area contributed by atoms with Gasteiger partial charge in [0.1, 0.15) is 12.4 Å². The second kappa shape index (κ2) is 6.12. The number of nitrogens with zero attached hydrogens (tertiary/aromatic N) is 1. The van der Waals surface area contributed by atoms with E-state index in [2.05, 4.69) is 9.72 Å². The highest BCUT2D eigenvalue weighted by Gasteiger charge is 2.10. The Morgan fingerprint density at radius 1 is 1.56 bits per heavy atom. The lowest BCUT2D eigenvalue weighted by atomic mass is 10.1. The average Bonchev–Trinajstić information content (AvgIpc) is 2.24. The summed E-state index contributed by atoms with van der Waals surface area (Å²) < 4.78 is 28.0. The number of hydrogen-bond acceptors (Lipinski definition) is 4. The molecule has 1 aromatic heterocycles. The summed E-state index contributed by atoms with van der Waals surface area (Å²) in [5, 5.41) is 0. The molecule has 0 saturated heterocycles. The molecule has 2 N–H and O–H groups in total. The van der Waals surface area contributed by atoms with Crippen molar-refractivity contribution in [3.05, 3.63) is 23.9 Å². The van der Waals surface area contributed by atoms with Gasteiger partial charge in [-0.15, -0.1) is 0 Å². The third-order valence-corrected chi connectivity index (χ3v) is 1.86. The first kappa shape index (κ1) is 12.5. The Hall–Kier alpha value is -1.56. The third kappa shape index (κ3) is 3.90. The molecular formula is C10H12F2N2O2. The van der Waals surface area contributed by atoms with Crippen LogP contribution in [-0.2, 0) is 4.74 Å². The Bertz CT molecular complexity index is 358. The Kier molecular flexibility index (Phi) is 4.78. The molecule has 0 radical (unpaired) electrons. The van der Waals surface area contributed by atoms with Crippen LogP contribution in [0, 0.1) is 0 Å². The maximum Gasteiger partial charge on any atom is 0.261 e. The van der Waals surface area contributed by atoms with Crippen LogP contribution in [0.5, 0.6) is 0 Å². The van der Waals surface area contributed by atoms with Crippen LogP contribution in [0.25, 0.3) is 0 Å². The van der Waals surface area contributed by atoms with Crippen molar-refractivity contribution in [2.45, 2.75) is 12.8 Å². The monoisotopic (exact) mass is 230 g/mol. The fourth-order valence-corrected chi connectivity index (χ4v) is 1.13. The fraction of sp³-hybridized carbons (Fsp3) is 0.400. The summed E-state index contributed by atoms with van der Waals surface area (Å²) in [5.74, 6) is -0.124. The van der Waals surface area contributed by atoms with Crippen molar-refractivity contribution in [2.75, 3.05) is 18.9 Å². The number of rotatable bonds is 6. The van der Waals surface area contributed by atoms with Gasteiger partial charge in [0, 0.05) is 12.6 Å². The van der Waals surface area contributed by atoms with Gasteiger partial charge in [-0.2, -0.15) is 0 Å².